The predicted molar refractivity (Wildman–Crippen MR) is 133 cm³/mol. The van der Waals surface area contributed by atoms with Gasteiger partial charge in [0.2, 0.25) is 0 Å². The summed E-state index contributed by atoms with van der Waals surface area (Å²) in [4.78, 5) is 45.1. The molecule has 4 N–H and O–H groups in total. The number of pyridine rings is 1. The number of carbonyl (C=O) groups is 3. The zero-order chi connectivity index (χ0) is 25.0. The minimum atomic E-state index is -0.489. The summed E-state index contributed by atoms with van der Waals surface area (Å²) in [7, 11) is 0. The van der Waals surface area contributed by atoms with Gasteiger partial charge in [0.1, 0.15) is 12.2 Å². The second-order valence-corrected chi connectivity index (χ2v) is 8.68. The normalized spacial score (nSPS) is 13.7. The van der Waals surface area contributed by atoms with E-state index in [9.17, 15) is 14.4 Å². The number of rotatable bonds is 11. The number of ether oxygens (including phenoxy) is 2. The topological polar surface area (TPSA) is 139 Å². The van der Waals surface area contributed by atoms with E-state index in [0.717, 1.165) is 31.6 Å². The fourth-order valence-electron chi connectivity index (χ4n) is 3.50. The van der Waals surface area contributed by atoms with Crippen LogP contribution >= 0.6 is 11.3 Å². The number of amides is 3. The molecule has 0 spiro atoms. The highest BCUT2D eigenvalue weighted by Gasteiger charge is 2.18. The first-order valence-corrected chi connectivity index (χ1v) is 12.5. The Labute approximate surface area is 208 Å². The van der Waals surface area contributed by atoms with Gasteiger partial charge < -0.3 is 30.7 Å². The van der Waals surface area contributed by atoms with Crippen LogP contribution in [-0.4, -0.2) is 85.2 Å². The summed E-state index contributed by atoms with van der Waals surface area (Å²) >= 11 is 1.40. The zero-order valence-electron chi connectivity index (χ0n) is 19.8. The van der Waals surface area contributed by atoms with Crippen molar-refractivity contribution in [1.29, 1.82) is 0 Å². The quantitative estimate of drug-likeness (QED) is 0.394. The van der Waals surface area contributed by atoms with E-state index in [1.54, 1.807) is 40.9 Å². The number of nitrogens with two attached hydrogens (primary N) is 1. The largest absolute Gasteiger partial charge is 0.465 e. The molecule has 1 fully saturated rings. The molecule has 2 aromatic rings. The van der Waals surface area contributed by atoms with E-state index in [1.165, 1.54) is 11.3 Å². The first-order chi connectivity index (χ1) is 17.0. The minimum Gasteiger partial charge on any atom is -0.465 e. The van der Waals surface area contributed by atoms with Crippen LogP contribution in [0.2, 0.25) is 0 Å². The van der Waals surface area contributed by atoms with Gasteiger partial charge in [-0.15, -0.1) is 11.3 Å². The van der Waals surface area contributed by atoms with Gasteiger partial charge in [-0.2, -0.15) is 0 Å². The molecule has 1 aliphatic heterocycles. The molecule has 0 aliphatic carbocycles. The Bertz CT molecular complexity index is 977. The Balaban J connectivity index is 1.58. The van der Waals surface area contributed by atoms with Crippen molar-refractivity contribution in [3.63, 3.8) is 0 Å². The summed E-state index contributed by atoms with van der Waals surface area (Å²) in [5, 5.41) is 8.85. The molecule has 0 unspecified atom stereocenters. The maximum atomic E-state index is 12.8. The number of morpholine rings is 1. The fourth-order valence-corrected chi connectivity index (χ4v) is 4.17. The maximum absolute atomic E-state index is 12.8. The van der Waals surface area contributed by atoms with Crippen molar-refractivity contribution in [2.45, 2.75) is 19.9 Å². The number of urea groups is 1. The molecule has 3 heterocycles. The molecule has 0 aromatic carbocycles. The van der Waals surface area contributed by atoms with Crippen molar-refractivity contribution >= 4 is 40.6 Å². The van der Waals surface area contributed by atoms with Crippen LogP contribution in [0.1, 0.15) is 29.4 Å². The molecule has 1 saturated heterocycles. The highest BCUT2D eigenvalue weighted by atomic mass is 32.1. The van der Waals surface area contributed by atoms with Crippen LogP contribution in [0.15, 0.2) is 29.1 Å². The van der Waals surface area contributed by atoms with E-state index in [4.69, 9.17) is 15.2 Å². The maximum Gasteiger partial charge on any atom is 0.325 e. The summed E-state index contributed by atoms with van der Waals surface area (Å²) in [5.41, 5.74) is 7.87. The molecule has 35 heavy (non-hydrogen) atoms. The van der Waals surface area contributed by atoms with Gasteiger partial charge in [0.15, 0.2) is 0 Å². The van der Waals surface area contributed by atoms with Crippen LogP contribution in [-0.2, 0) is 20.8 Å². The van der Waals surface area contributed by atoms with Gasteiger partial charge in [-0.25, -0.2) is 4.79 Å². The lowest BCUT2D eigenvalue weighted by molar-refractivity contribution is -0.141. The second-order valence-electron chi connectivity index (χ2n) is 7.94. The van der Waals surface area contributed by atoms with Crippen molar-refractivity contribution < 1.29 is 23.9 Å². The molecule has 0 atom stereocenters. The van der Waals surface area contributed by atoms with Crippen molar-refractivity contribution in [1.82, 2.24) is 20.1 Å². The Morgan fingerprint density at radius 1 is 1.26 bits per heavy atom. The van der Waals surface area contributed by atoms with Gasteiger partial charge in [0.25, 0.3) is 5.91 Å². The number of thiophene rings is 1. The van der Waals surface area contributed by atoms with Gasteiger partial charge >= 0.3 is 12.0 Å². The third-order valence-electron chi connectivity index (χ3n) is 5.35. The molecule has 11 nitrogen and oxygen atoms in total. The lowest BCUT2D eigenvalue weighted by Crippen LogP contribution is -2.43. The van der Waals surface area contributed by atoms with Gasteiger partial charge in [0, 0.05) is 49.7 Å². The van der Waals surface area contributed by atoms with Crippen LogP contribution in [0.4, 0.5) is 16.2 Å². The van der Waals surface area contributed by atoms with E-state index in [0.29, 0.717) is 31.1 Å². The number of nitrogens with one attached hydrogen (secondary N) is 2. The molecule has 0 bridgehead atoms. The lowest BCUT2D eigenvalue weighted by atomic mass is 10.2. The van der Waals surface area contributed by atoms with Crippen LogP contribution in [0.25, 0.3) is 0 Å². The number of hydrogen-bond acceptors (Lipinski definition) is 9. The van der Waals surface area contributed by atoms with Crippen LogP contribution in [0.3, 0.4) is 0 Å². The van der Waals surface area contributed by atoms with Gasteiger partial charge in [-0.1, -0.05) is 6.07 Å². The van der Waals surface area contributed by atoms with E-state index in [2.05, 4.69) is 20.5 Å². The molecular weight excluding hydrogens is 472 g/mol. The predicted octanol–water partition coefficient (Wildman–Crippen LogP) is 1.77. The number of aromatic nitrogens is 1. The zero-order valence-corrected chi connectivity index (χ0v) is 20.6. The third-order valence-corrected chi connectivity index (χ3v) is 6.12. The number of carbonyl (C=O) groups excluding carboxylic acids is 3. The molecule has 3 rings (SSSR count). The monoisotopic (exact) mass is 504 g/mol. The Hall–Kier alpha value is -3.22. The molecule has 12 heteroatoms. The number of nitrogens with zero attached hydrogens (tertiary/aromatic N) is 3. The molecule has 0 radical (unpaired) electrons. The van der Waals surface area contributed by atoms with E-state index in [-0.39, 0.29) is 37.3 Å². The number of hydrogen-bond donors (Lipinski definition) is 3. The Morgan fingerprint density at radius 2 is 2.06 bits per heavy atom. The number of esters is 1. The van der Waals surface area contributed by atoms with E-state index >= 15 is 0 Å². The highest BCUT2D eigenvalue weighted by Crippen LogP contribution is 2.23. The Kier molecular flexibility index (Phi) is 10.3. The second kappa shape index (κ2) is 13.6. The van der Waals surface area contributed by atoms with Crippen molar-refractivity contribution in [3.8, 4) is 0 Å². The Morgan fingerprint density at radius 3 is 2.71 bits per heavy atom. The van der Waals surface area contributed by atoms with Crippen molar-refractivity contribution in [2.75, 3.05) is 63.6 Å². The summed E-state index contributed by atoms with van der Waals surface area (Å²) in [6.45, 7) is 6.56. The van der Waals surface area contributed by atoms with Crippen molar-refractivity contribution in [2.24, 2.45) is 0 Å². The molecule has 3 amide bonds. The highest BCUT2D eigenvalue weighted by molar-refractivity contribution is 7.09. The smallest absolute Gasteiger partial charge is 0.325 e. The molecule has 0 saturated carbocycles. The standard InChI is InChI=1S/C23H32N6O5S/c1-2-34-21(30)13-26-23(32)29(7-3-6-28-8-10-33-11-9-28)14-17-4-5-19(25-12-17)22(31)27-20-16-35-15-18(20)24/h4-5,12,15-16H,2-3,6-11,13-14,24H2,1H3,(H,26,32)(H,27,31). The fraction of sp³-hybridized carbons (Fsp3) is 0.478. The van der Waals surface area contributed by atoms with Gasteiger partial charge in [-0.3, -0.25) is 19.5 Å². The van der Waals surface area contributed by atoms with Crippen molar-refractivity contribution in [3.05, 3.63) is 40.3 Å². The first-order valence-electron chi connectivity index (χ1n) is 11.5. The summed E-state index contributed by atoms with van der Waals surface area (Å²) in [6, 6.07) is 3.00. The average molecular weight is 505 g/mol. The summed E-state index contributed by atoms with van der Waals surface area (Å²) < 4.78 is 10.3. The first kappa shape index (κ1) is 26.4. The molecular formula is C23H32N6O5S. The van der Waals surface area contributed by atoms with Crippen LogP contribution < -0.4 is 16.4 Å². The average Bonchev–Trinajstić information content (AvgIpc) is 3.27. The van der Waals surface area contributed by atoms with Gasteiger partial charge in [-0.05, 0) is 25.0 Å². The minimum absolute atomic E-state index is 0.199. The SMILES string of the molecule is CCOC(=O)CNC(=O)N(CCCN1CCOCC1)Cc1ccc(C(=O)Nc2cscc2N)nc1. The lowest BCUT2D eigenvalue weighted by Gasteiger charge is -2.28. The number of nitrogen functional groups attached to an aromatic ring is 1. The third kappa shape index (κ3) is 8.50. The van der Waals surface area contributed by atoms with E-state index in [1.807, 2.05) is 0 Å². The van der Waals surface area contributed by atoms with Crippen LogP contribution in [0.5, 0.6) is 0 Å². The van der Waals surface area contributed by atoms with Crippen LogP contribution in [0, 0.1) is 0 Å². The molecule has 190 valence electrons. The molecule has 1 aliphatic rings. The summed E-state index contributed by atoms with van der Waals surface area (Å²) in [5.74, 6) is -0.853. The molecule has 2 aromatic heterocycles. The van der Waals surface area contributed by atoms with Gasteiger partial charge in [0.05, 0.1) is 31.2 Å². The summed E-state index contributed by atoms with van der Waals surface area (Å²) in [6.07, 6.45) is 2.34. The number of anilines is 2. The van der Waals surface area contributed by atoms with E-state index < -0.39 is 5.97 Å².